The first-order valence-corrected chi connectivity index (χ1v) is 6.72. The Kier molecular flexibility index (Phi) is 10.5. The molecule has 0 aromatic heterocycles. The van der Waals surface area contributed by atoms with E-state index in [1.807, 2.05) is 38.1 Å². The maximum Gasteiger partial charge on any atom is 0.122 e. The van der Waals surface area contributed by atoms with E-state index in [0.717, 1.165) is 44.0 Å². The van der Waals surface area contributed by atoms with Crippen LogP contribution in [0.25, 0.3) is 0 Å². The molecule has 0 aliphatic carbocycles. The lowest BCUT2D eigenvalue weighted by molar-refractivity contribution is 0.297. The molecule has 0 heterocycles. The molecule has 1 rings (SSSR count). The number of ether oxygens (including phenoxy) is 2. The van der Waals surface area contributed by atoms with Crippen molar-refractivity contribution in [2.45, 2.75) is 47.0 Å². The molecule has 0 saturated carbocycles. The zero-order valence-electron chi connectivity index (χ0n) is 11.7. The van der Waals surface area contributed by atoms with E-state index in [2.05, 4.69) is 13.8 Å². The minimum atomic E-state index is 0.762. The molecule has 1 aromatic rings. The fourth-order valence-corrected chi connectivity index (χ4v) is 1.21. The lowest BCUT2D eigenvalue weighted by Crippen LogP contribution is -1.98. The van der Waals surface area contributed by atoms with Gasteiger partial charge in [-0.25, -0.2) is 0 Å². The average molecular weight is 238 g/mol. The molecule has 17 heavy (non-hydrogen) atoms. The van der Waals surface area contributed by atoms with Crippen molar-refractivity contribution in [3.8, 4) is 11.5 Å². The van der Waals surface area contributed by atoms with E-state index in [1.165, 1.54) is 0 Å². The highest BCUT2D eigenvalue weighted by atomic mass is 16.5. The molecule has 0 aliphatic rings. The van der Waals surface area contributed by atoms with Crippen LogP contribution in [0, 0.1) is 0 Å². The Morgan fingerprint density at radius 3 is 2.00 bits per heavy atom. The van der Waals surface area contributed by atoms with E-state index < -0.39 is 0 Å². The molecular formula is C15H26O2. The Balaban J connectivity index is 0.00000121. The molecule has 0 fully saturated rings. The summed E-state index contributed by atoms with van der Waals surface area (Å²) in [5, 5.41) is 0. The predicted octanol–water partition coefficient (Wildman–Crippen LogP) is 4.68. The normalized spacial score (nSPS) is 9.18. The number of hydrogen-bond acceptors (Lipinski definition) is 2. The van der Waals surface area contributed by atoms with Crippen molar-refractivity contribution >= 4 is 0 Å². The summed E-state index contributed by atoms with van der Waals surface area (Å²) >= 11 is 0. The van der Waals surface area contributed by atoms with Gasteiger partial charge >= 0.3 is 0 Å². The summed E-state index contributed by atoms with van der Waals surface area (Å²) in [5.41, 5.74) is 0. The summed E-state index contributed by atoms with van der Waals surface area (Å²) < 4.78 is 11.1. The second-order valence-corrected chi connectivity index (χ2v) is 3.53. The highest BCUT2D eigenvalue weighted by Gasteiger charge is 1.96. The second-order valence-electron chi connectivity index (χ2n) is 3.53. The first kappa shape index (κ1) is 15.8. The van der Waals surface area contributed by atoms with Gasteiger partial charge in [0, 0.05) is 6.07 Å². The third kappa shape index (κ3) is 7.67. The molecule has 0 radical (unpaired) electrons. The monoisotopic (exact) mass is 238 g/mol. The van der Waals surface area contributed by atoms with Crippen LogP contribution in [0.5, 0.6) is 11.5 Å². The first-order chi connectivity index (χ1) is 8.36. The molecule has 2 heteroatoms. The Bertz CT molecular complexity index is 271. The number of benzene rings is 1. The third-order valence-electron chi connectivity index (χ3n) is 2.04. The summed E-state index contributed by atoms with van der Waals surface area (Å²) in [7, 11) is 0. The SMILES string of the molecule is CC.CCCCOc1cccc(OCCC)c1. The molecular weight excluding hydrogens is 212 g/mol. The molecule has 1 aromatic carbocycles. The highest BCUT2D eigenvalue weighted by Crippen LogP contribution is 2.19. The summed E-state index contributed by atoms with van der Waals surface area (Å²) in [5.74, 6) is 1.79. The van der Waals surface area contributed by atoms with Crippen molar-refractivity contribution in [3.63, 3.8) is 0 Å². The second kappa shape index (κ2) is 11.3. The molecule has 0 bridgehead atoms. The van der Waals surface area contributed by atoms with Gasteiger partial charge in [-0.3, -0.25) is 0 Å². The molecule has 0 amide bonds. The molecule has 0 N–H and O–H groups in total. The number of hydrogen-bond donors (Lipinski definition) is 0. The van der Waals surface area contributed by atoms with E-state index in [0.29, 0.717) is 0 Å². The molecule has 0 atom stereocenters. The van der Waals surface area contributed by atoms with Crippen molar-refractivity contribution in [1.82, 2.24) is 0 Å². The van der Waals surface area contributed by atoms with Gasteiger partial charge in [-0.1, -0.05) is 40.2 Å². The van der Waals surface area contributed by atoms with E-state index in [-0.39, 0.29) is 0 Å². The zero-order chi connectivity index (χ0) is 12.9. The van der Waals surface area contributed by atoms with E-state index in [4.69, 9.17) is 9.47 Å². The van der Waals surface area contributed by atoms with Gasteiger partial charge in [-0.15, -0.1) is 0 Å². The maximum absolute atomic E-state index is 5.59. The van der Waals surface area contributed by atoms with Crippen molar-refractivity contribution < 1.29 is 9.47 Å². The van der Waals surface area contributed by atoms with Crippen LogP contribution in [0.1, 0.15) is 47.0 Å². The van der Waals surface area contributed by atoms with Gasteiger partial charge in [-0.2, -0.15) is 0 Å². The van der Waals surface area contributed by atoms with Crippen molar-refractivity contribution in [2.24, 2.45) is 0 Å². The molecule has 2 nitrogen and oxygen atoms in total. The summed E-state index contributed by atoms with van der Waals surface area (Å²) in [4.78, 5) is 0. The number of unbranched alkanes of at least 4 members (excludes halogenated alkanes) is 1. The standard InChI is InChI=1S/C13H20O2.C2H6/c1-3-5-10-15-13-8-6-7-12(11-13)14-9-4-2;1-2/h6-8,11H,3-5,9-10H2,1-2H3;1-2H3. The zero-order valence-corrected chi connectivity index (χ0v) is 11.7. The van der Waals surface area contributed by atoms with E-state index in [9.17, 15) is 0 Å². The minimum Gasteiger partial charge on any atom is -0.493 e. The van der Waals surface area contributed by atoms with Crippen LogP contribution in [0.4, 0.5) is 0 Å². The van der Waals surface area contributed by atoms with Crippen LogP contribution in [-0.2, 0) is 0 Å². The lowest BCUT2D eigenvalue weighted by Gasteiger charge is -2.08. The fraction of sp³-hybridized carbons (Fsp3) is 0.600. The van der Waals surface area contributed by atoms with Crippen LogP contribution in [-0.4, -0.2) is 13.2 Å². The summed E-state index contributed by atoms with van der Waals surface area (Å²) in [6.45, 7) is 9.80. The highest BCUT2D eigenvalue weighted by molar-refractivity contribution is 5.32. The molecule has 0 saturated heterocycles. The first-order valence-electron chi connectivity index (χ1n) is 6.72. The number of rotatable bonds is 7. The van der Waals surface area contributed by atoms with Crippen LogP contribution in [0.3, 0.4) is 0 Å². The maximum atomic E-state index is 5.59. The van der Waals surface area contributed by atoms with Crippen molar-refractivity contribution in [3.05, 3.63) is 24.3 Å². The van der Waals surface area contributed by atoms with Gasteiger partial charge in [0.25, 0.3) is 0 Å². The van der Waals surface area contributed by atoms with Gasteiger partial charge in [0.1, 0.15) is 11.5 Å². The van der Waals surface area contributed by atoms with Gasteiger partial charge in [0.15, 0.2) is 0 Å². The molecule has 0 aliphatic heterocycles. The lowest BCUT2D eigenvalue weighted by atomic mass is 10.3. The van der Waals surface area contributed by atoms with Gasteiger partial charge in [-0.05, 0) is 25.0 Å². The Labute approximate surface area is 106 Å². The molecule has 98 valence electrons. The average Bonchev–Trinajstić information content (AvgIpc) is 2.40. The fourth-order valence-electron chi connectivity index (χ4n) is 1.21. The van der Waals surface area contributed by atoms with Crippen LogP contribution in [0.15, 0.2) is 24.3 Å². The van der Waals surface area contributed by atoms with E-state index in [1.54, 1.807) is 0 Å². The molecule has 0 spiro atoms. The van der Waals surface area contributed by atoms with Gasteiger partial charge < -0.3 is 9.47 Å². The summed E-state index contributed by atoms with van der Waals surface area (Å²) in [6.07, 6.45) is 3.28. The van der Waals surface area contributed by atoms with Crippen molar-refractivity contribution in [1.29, 1.82) is 0 Å². The molecule has 0 unspecified atom stereocenters. The summed E-state index contributed by atoms with van der Waals surface area (Å²) in [6, 6.07) is 7.84. The smallest absolute Gasteiger partial charge is 0.122 e. The van der Waals surface area contributed by atoms with Crippen LogP contribution < -0.4 is 9.47 Å². The van der Waals surface area contributed by atoms with Crippen molar-refractivity contribution in [2.75, 3.05) is 13.2 Å². The topological polar surface area (TPSA) is 18.5 Å². The van der Waals surface area contributed by atoms with E-state index >= 15 is 0 Å². The Morgan fingerprint density at radius 1 is 0.882 bits per heavy atom. The van der Waals surface area contributed by atoms with Gasteiger partial charge in [0.2, 0.25) is 0 Å². The van der Waals surface area contributed by atoms with Crippen LogP contribution >= 0.6 is 0 Å². The predicted molar refractivity (Wildman–Crippen MR) is 74.0 cm³/mol. The minimum absolute atomic E-state index is 0.762. The third-order valence-corrected chi connectivity index (χ3v) is 2.04. The quantitative estimate of drug-likeness (QED) is 0.642. The Hall–Kier alpha value is -1.18. The van der Waals surface area contributed by atoms with Crippen LogP contribution in [0.2, 0.25) is 0 Å². The van der Waals surface area contributed by atoms with Gasteiger partial charge in [0.05, 0.1) is 13.2 Å². The Morgan fingerprint density at radius 2 is 1.47 bits per heavy atom. The largest absolute Gasteiger partial charge is 0.493 e.